The molecule has 0 amide bonds. The van der Waals surface area contributed by atoms with E-state index in [1.807, 2.05) is 13.0 Å². The number of carbonyl (C=O) groups excluding carboxylic acids is 1. The van der Waals surface area contributed by atoms with Crippen molar-refractivity contribution < 1.29 is 24.9 Å². The van der Waals surface area contributed by atoms with Gasteiger partial charge >= 0.3 is 5.97 Å². The third-order valence-electron chi connectivity index (χ3n) is 11.2. The Bertz CT molecular complexity index is 893. The van der Waals surface area contributed by atoms with Crippen LogP contribution in [0.2, 0.25) is 0 Å². The second-order valence-corrected chi connectivity index (χ2v) is 13.3. The zero-order valence-corrected chi connectivity index (χ0v) is 22.9. The number of esters is 1. The lowest BCUT2D eigenvalue weighted by atomic mass is 9.43. The van der Waals surface area contributed by atoms with E-state index in [1.165, 1.54) is 6.92 Å². The van der Waals surface area contributed by atoms with Gasteiger partial charge in [0.05, 0.1) is 11.7 Å². The summed E-state index contributed by atoms with van der Waals surface area (Å²) >= 11 is 0. The maximum atomic E-state index is 12.4. The van der Waals surface area contributed by atoms with Gasteiger partial charge in [0, 0.05) is 18.8 Å². The summed E-state index contributed by atoms with van der Waals surface area (Å²) in [6.45, 7) is 14.8. The average Bonchev–Trinajstić information content (AvgIpc) is 3.12. The first kappa shape index (κ1) is 26.9. The van der Waals surface area contributed by atoms with Crippen LogP contribution in [0.4, 0.5) is 0 Å². The molecule has 3 saturated carbocycles. The maximum Gasteiger partial charge on any atom is 0.303 e. The van der Waals surface area contributed by atoms with Gasteiger partial charge in [0.2, 0.25) is 0 Å². The summed E-state index contributed by atoms with van der Waals surface area (Å²) in [6.07, 6.45) is 9.85. The van der Waals surface area contributed by atoms with Crippen molar-refractivity contribution in [2.45, 2.75) is 117 Å². The molecule has 1 unspecified atom stereocenters. The van der Waals surface area contributed by atoms with Crippen LogP contribution < -0.4 is 0 Å². The van der Waals surface area contributed by atoms with Crippen molar-refractivity contribution in [2.24, 2.45) is 40.4 Å². The predicted molar refractivity (Wildman–Crippen MR) is 137 cm³/mol. The fourth-order valence-electron chi connectivity index (χ4n) is 8.40. The van der Waals surface area contributed by atoms with E-state index >= 15 is 0 Å². The maximum absolute atomic E-state index is 12.4. The minimum absolute atomic E-state index is 0.0453. The summed E-state index contributed by atoms with van der Waals surface area (Å²) in [7, 11) is 0. The molecule has 5 heteroatoms. The topological polar surface area (TPSA) is 87.0 Å². The van der Waals surface area contributed by atoms with Gasteiger partial charge in [0.25, 0.3) is 0 Å². The van der Waals surface area contributed by atoms with Gasteiger partial charge in [-0.25, -0.2) is 0 Å². The van der Waals surface area contributed by atoms with E-state index in [0.29, 0.717) is 42.9 Å². The van der Waals surface area contributed by atoms with E-state index in [-0.39, 0.29) is 17.8 Å². The molecule has 0 aromatic carbocycles. The summed E-state index contributed by atoms with van der Waals surface area (Å²) in [6, 6.07) is 0. The Labute approximate surface area is 212 Å². The molecule has 3 fully saturated rings. The van der Waals surface area contributed by atoms with Gasteiger partial charge in [-0.05, 0) is 85.2 Å². The van der Waals surface area contributed by atoms with E-state index < -0.39 is 34.8 Å². The minimum Gasteiger partial charge on any atom is -0.455 e. The summed E-state index contributed by atoms with van der Waals surface area (Å²) in [5, 5.41) is 34.9. The molecule has 198 valence electrons. The highest BCUT2D eigenvalue weighted by Crippen LogP contribution is 2.69. The van der Waals surface area contributed by atoms with Gasteiger partial charge in [0.15, 0.2) is 0 Å². The Balaban J connectivity index is 1.72. The van der Waals surface area contributed by atoms with Crippen LogP contribution in [0.15, 0.2) is 23.8 Å². The second-order valence-electron chi connectivity index (χ2n) is 13.3. The van der Waals surface area contributed by atoms with Crippen LogP contribution in [0.3, 0.4) is 0 Å². The van der Waals surface area contributed by atoms with Gasteiger partial charge in [-0.3, -0.25) is 4.79 Å². The number of hydrogen-bond acceptors (Lipinski definition) is 5. The highest BCUT2D eigenvalue weighted by molar-refractivity contribution is 5.66. The minimum atomic E-state index is -1.50. The summed E-state index contributed by atoms with van der Waals surface area (Å²) in [5.74, 6) is 1.87. The van der Waals surface area contributed by atoms with Crippen molar-refractivity contribution in [3.05, 3.63) is 23.8 Å². The highest BCUT2D eigenvalue weighted by atomic mass is 16.6. The molecule has 0 bridgehead atoms. The Morgan fingerprint density at radius 2 is 1.74 bits per heavy atom. The predicted octanol–water partition coefficient (Wildman–Crippen LogP) is 5.18. The molecule has 0 saturated heterocycles. The molecule has 4 aliphatic carbocycles. The van der Waals surface area contributed by atoms with Crippen LogP contribution >= 0.6 is 0 Å². The number of carbonyl (C=O) groups is 1. The number of aliphatic hydroxyl groups excluding tert-OH is 1. The zero-order valence-electron chi connectivity index (χ0n) is 22.9. The van der Waals surface area contributed by atoms with Crippen LogP contribution in [0.1, 0.15) is 93.4 Å². The van der Waals surface area contributed by atoms with Crippen molar-refractivity contribution in [1.29, 1.82) is 0 Å². The van der Waals surface area contributed by atoms with Crippen molar-refractivity contribution in [3.8, 4) is 0 Å². The fourth-order valence-corrected chi connectivity index (χ4v) is 8.40. The van der Waals surface area contributed by atoms with Gasteiger partial charge < -0.3 is 20.1 Å². The SMILES string of the molecule is CC(=O)O[C@@H]1C=C2[C@@H]3CC[C@H]([C@H](C)/C=C/[C@H](C)C(C)C)[C@@]3(C)CC[C@]2(O)[C@@]2(C)CC[C@H](O)CC12O. The van der Waals surface area contributed by atoms with Crippen molar-refractivity contribution in [2.75, 3.05) is 0 Å². The molecule has 4 rings (SSSR count). The van der Waals surface area contributed by atoms with Gasteiger partial charge in [-0.15, -0.1) is 0 Å². The number of fused-ring (bicyclic) bond motifs is 5. The Kier molecular flexibility index (Phi) is 6.90. The normalized spacial score (nSPS) is 47.0. The average molecular weight is 489 g/mol. The van der Waals surface area contributed by atoms with Gasteiger partial charge in [-0.1, -0.05) is 53.7 Å². The lowest BCUT2D eigenvalue weighted by Gasteiger charge is -2.65. The third kappa shape index (κ3) is 3.95. The monoisotopic (exact) mass is 488 g/mol. The number of aliphatic hydroxyl groups is 3. The molecule has 0 radical (unpaired) electrons. The lowest BCUT2D eigenvalue weighted by molar-refractivity contribution is -0.262. The summed E-state index contributed by atoms with van der Waals surface area (Å²) < 4.78 is 5.72. The first-order valence-corrected chi connectivity index (χ1v) is 13.9. The fraction of sp³-hybridized carbons (Fsp3) is 0.833. The number of ether oxygens (including phenoxy) is 1. The van der Waals surface area contributed by atoms with E-state index in [2.05, 4.69) is 46.8 Å². The molecule has 0 heterocycles. The molecule has 3 N–H and O–H groups in total. The van der Waals surface area contributed by atoms with Crippen LogP contribution in [0.5, 0.6) is 0 Å². The highest BCUT2D eigenvalue weighted by Gasteiger charge is 2.71. The molecule has 5 nitrogen and oxygen atoms in total. The van der Waals surface area contributed by atoms with Gasteiger partial charge in [-0.2, -0.15) is 0 Å². The molecule has 4 aliphatic rings. The number of rotatable bonds is 5. The van der Waals surface area contributed by atoms with Crippen molar-refractivity contribution in [3.63, 3.8) is 0 Å². The summed E-state index contributed by atoms with van der Waals surface area (Å²) in [5.41, 5.74) is -2.54. The second kappa shape index (κ2) is 8.99. The Hall–Kier alpha value is -1.17. The molecule has 0 spiro atoms. The molecule has 0 aliphatic heterocycles. The van der Waals surface area contributed by atoms with Crippen LogP contribution in [0, 0.1) is 40.4 Å². The Morgan fingerprint density at radius 1 is 1.06 bits per heavy atom. The quantitative estimate of drug-likeness (QED) is 0.367. The standard InChI is InChI=1S/C30H48O5/c1-18(2)19(3)8-9-20(4)23-10-11-24-25-16-26(35-21(5)31)30(34)17-22(32)12-13-28(30,7)29(25,33)15-14-27(23,24)6/h8-9,16,18-20,22-24,26,32-34H,10-15,17H2,1-7H3/b9-8+/t19-,20+,22-,23+,24-,26+,27+,28+,29+,30?/m0/s1. The van der Waals surface area contributed by atoms with Crippen LogP contribution in [0.25, 0.3) is 0 Å². The van der Waals surface area contributed by atoms with E-state index in [9.17, 15) is 20.1 Å². The first-order valence-electron chi connectivity index (χ1n) is 13.9. The number of allylic oxidation sites excluding steroid dienone is 2. The smallest absolute Gasteiger partial charge is 0.303 e. The van der Waals surface area contributed by atoms with Crippen molar-refractivity contribution in [1.82, 2.24) is 0 Å². The lowest BCUT2D eigenvalue weighted by Crippen LogP contribution is -2.73. The molecule has 0 aromatic rings. The zero-order chi connectivity index (χ0) is 26.0. The largest absolute Gasteiger partial charge is 0.455 e. The van der Waals surface area contributed by atoms with E-state index in [1.54, 1.807) is 0 Å². The molecule has 10 atom stereocenters. The molecular weight excluding hydrogens is 440 g/mol. The first-order chi connectivity index (χ1) is 16.2. The molecule has 0 aromatic heterocycles. The van der Waals surface area contributed by atoms with E-state index in [0.717, 1.165) is 24.8 Å². The van der Waals surface area contributed by atoms with E-state index in [4.69, 9.17) is 4.74 Å². The molecular formula is C30H48O5. The van der Waals surface area contributed by atoms with Crippen LogP contribution in [-0.2, 0) is 9.53 Å². The van der Waals surface area contributed by atoms with Gasteiger partial charge in [0.1, 0.15) is 11.7 Å². The third-order valence-corrected chi connectivity index (χ3v) is 11.2. The van der Waals surface area contributed by atoms with Crippen LogP contribution in [-0.4, -0.2) is 44.7 Å². The Morgan fingerprint density at radius 3 is 2.37 bits per heavy atom. The van der Waals surface area contributed by atoms with Crippen molar-refractivity contribution >= 4 is 5.97 Å². The molecule has 35 heavy (non-hydrogen) atoms. The number of hydrogen-bond donors (Lipinski definition) is 3. The summed E-state index contributed by atoms with van der Waals surface area (Å²) in [4.78, 5) is 12.1.